The third-order valence-electron chi connectivity index (χ3n) is 3.93. The molecule has 3 rings (SSSR count). The average molecular weight is 334 g/mol. The first-order valence-corrected chi connectivity index (χ1v) is 8.52. The summed E-state index contributed by atoms with van der Waals surface area (Å²) in [6, 6.07) is 3.78. The molecule has 1 aliphatic rings. The maximum absolute atomic E-state index is 5.50. The Labute approximate surface area is 140 Å². The van der Waals surface area contributed by atoms with Crippen molar-refractivity contribution in [3.8, 4) is 27.7 Å². The van der Waals surface area contributed by atoms with E-state index in [-0.39, 0.29) is 0 Å². The maximum Gasteiger partial charge on any atom is 0.164 e. The van der Waals surface area contributed by atoms with Crippen molar-refractivity contribution >= 4 is 11.3 Å². The zero-order valence-electron chi connectivity index (χ0n) is 13.7. The predicted molar refractivity (Wildman–Crippen MR) is 91.6 cm³/mol. The van der Waals surface area contributed by atoms with Gasteiger partial charge in [0, 0.05) is 24.4 Å². The Kier molecular flexibility index (Phi) is 5.03. The first-order chi connectivity index (χ1) is 11.2. The Hall–Kier alpha value is -1.79. The van der Waals surface area contributed by atoms with E-state index < -0.39 is 0 Å². The van der Waals surface area contributed by atoms with Gasteiger partial charge in [-0.15, -0.1) is 11.3 Å². The average Bonchev–Trinajstić information content (AvgIpc) is 3.29. The van der Waals surface area contributed by atoms with E-state index in [1.54, 1.807) is 32.7 Å². The van der Waals surface area contributed by atoms with E-state index in [1.165, 1.54) is 12.8 Å². The van der Waals surface area contributed by atoms with E-state index in [0.717, 1.165) is 40.2 Å². The second-order valence-electron chi connectivity index (χ2n) is 5.60. The molecule has 1 aliphatic carbocycles. The van der Waals surface area contributed by atoms with Gasteiger partial charge < -0.3 is 19.5 Å². The number of nitrogens with zero attached hydrogens (tertiary/aromatic N) is 1. The van der Waals surface area contributed by atoms with Crippen molar-refractivity contribution in [1.29, 1.82) is 0 Å². The maximum atomic E-state index is 5.50. The first kappa shape index (κ1) is 16.1. The van der Waals surface area contributed by atoms with Gasteiger partial charge in [-0.3, -0.25) is 0 Å². The molecule has 23 heavy (non-hydrogen) atoms. The summed E-state index contributed by atoms with van der Waals surface area (Å²) in [4.78, 5) is 5.57. The Morgan fingerprint density at radius 3 is 2.43 bits per heavy atom. The third-order valence-corrected chi connectivity index (χ3v) is 4.96. The smallest absolute Gasteiger partial charge is 0.164 e. The van der Waals surface area contributed by atoms with Crippen molar-refractivity contribution in [2.45, 2.75) is 19.4 Å². The molecule has 0 atom stereocenters. The molecule has 2 aromatic rings. The number of aromatic nitrogens is 1. The summed E-state index contributed by atoms with van der Waals surface area (Å²) in [5, 5.41) is 4.55. The molecule has 1 aromatic heterocycles. The number of thiazole rings is 1. The van der Waals surface area contributed by atoms with Crippen LogP contribution in [0.4, 0.5) is 0 Å². The van der Waals surface area contributed by atoms with Crippen molar-refractivity contribution in [3.63, 3.8) is 0 Å². The normalized spacial score (nSPS) is 13.9. The van der Waals surface area contributed by atoms with Gasteiger partial charge in [0.2, 0.25) is 0 Å². The van der Waals surface area contributed by atoms with Crippen LogP contribution in [0.5, 0.6) is 17.2 Å². The third kappa shape index (κ3) is 3.76. The number of rotatable bonds is 8. The minimum atomic E-state index is 0.656. The Balaban J connectivity index is 1.80. The van der Waals surface area contributed by atoms with Gasteiger partial charge in [0.25, 0.3) is 0 Å². The Morgan fingerprint density at radius 2 is 1.78 bits per heavy atom. The fourth-order valence-corrected chi connectivity index (χ4v) is 3.35. The quantitative estimate of drug-likeness (QED) is 0.802. The lowest BCUT2D eigenvalue weighted by atomic mass is 10.1. The molecule has 1 saturated carbocycles. The zero-order chi connectivity index (χ0) is 16.2. The molecule has 0 spiro atoms. The van der Waals surface area contributed by atoms with Crippen LogP contribution in [0.15, 0.2) is 18.3 Å². The summed E-state index contributed by atoms with van der Waals surface area (Å²) in [5.74, 6) is 2.97. The van der Waals surface area contributed by atoms with Crippen LogP contribution in [-0.2, 0) is 6.54 Å². The first-order valence-electron chi connectivity index (χ1n) is 7.71. The van der Waals surface area contributed by atoms with Crippen LogP contribution < -0.4 is 19.5 Å². The molecule has 124 valence electrons. The molecule has 0 unspecified atom stereocenters. The number of hydrogen-bond acceptors (Lipinski definition) is 6. The predicted octanol–water partition coefficient (Wildman–Crippen LogP) is 3.34. The van der Waals surface area contributed by atoms with Crippen LogP contribution in [-0.4, -0.2) is 32.9 Å². The highest BCUT2D eigenvalue weighted by Gasteiger charge is 2.20. The van der Waals surface area contributed by atoms with Gasteiger partial charge >= 0.3 is 0 Å². The van der Waals surface area contributed by atoms with E-state index in [9.17, 15) is 0 Å². The van der Waals surface area contributed by atoms with Gasteiger partial charge in [-0.05, 0) is 31.4 Å². The minimum Gasteiger partial charge on any atom is -0.496 e. The minimum absolute atomic E-state index is 0.656. The van der Waals surface area contributed by atoms with Crippen molar-refractivity contribution in [2.75, 3.05) is 27.9 Å². The van der Waals surface area contributed by atoms with Crippen molar-refractivity contribution < 1.29 is 14.2 Å². The van der Waals surface area contributed by atoms with Gasteiger partial charge in [-0.1, -0.05) is 0 Å². The summed E-state index contributed by atoms with van der Waals surface area (Å²) < 4.78 is 16.2. The number of nitrogens with one attached hydrogen (secondary N) is 1. The standard InChI is InChI=1S/C17H22N2O3S/c1-20-13-7-15(22-3)14(21-2)6-12(13)16-9-19-17(23-16)10-18-8-11-4-5-11/h6-7,9,11,18H,4-5,8,10H2,1-3H3. The lowest BCUT2D eigenvalue weighted by Crippen LogP contribution is -2.15. The van der Waals surface area contributed by atoms with E-state index >= 15 is 0 Å². The molecule has 1 aromatic carbocycles. The van der Waals surface area contributed by atoms with Crippen LogP contribution >= 0.6 is 11.3 Å². The van der Waals surface area contributed by atoms with Gasteiger partial charge in [0.1, 0.15) is 10.8 Å². The molecule has 0 saturated heterocycles. The summed E-state index contributed by atoms with van der Waals surface area (Å²) in [7, 11) is 4.91. The van der Waals surface area contributed by atoms with E-state index in [2.05, 4.69) is 10.3 Å². The number of hydrogen-bond donors (Lipinski definition) is 1. The largest absolute Gasteiger partial charge is 0.496 e. The SMILES string of the molecule is COc1cc(OC)c(-c2cnc(CNCC3CC3)s2)cc1OC. The van der Waals surface area contributed by atoms with E-state index in [4.69, 9.17) is 14.2 Å². The summed E-state index contributed by atoms with van der Waals surface area (Å²) in [6.07, 6.45) is 4.61. The fourth-order valence-electron chi connectivity index (χ4n) is 2.44. The number of ether oxygens (including phenoxy) is 3. The Bertz CT molecular complexity index is 668. The zero-order valence-corrected chi connectivity index (χ0v) is 14.5. The molecule has 1 N–H and O–H groups in total. The van der Waals surface area contributed by atoms with Gasteiger partial charge in [0.05, 0.1) is 26.2 Å². The van der Waals surface area contributed by atoms with Crippen LogP contribution in [0.2, 0.25) is 0 Å². The van der Waals surface area contributed by atoms with Gasteiger partial charge in [0.15, 0.2) is 11.5 Å². The molecule has 0 amide bonds. The molecule has 0 radical (unpaired) electrons. The van der Waals surface area contributed by atoms with Crippen molar-refractivity contribution in [1.82, 2.24) is 10.3 Å². The monoisotopic (exact) mass is 334 g/mol. The molecule has 6 heteroatoms. The van der Waals surface area contributed by atoms with Crippen molar-refractivity contribution in [2.24, 2.45) is 5.92 Å². The number of benzene rings is 1. The summed E-state index contributed by atoms with van der Waals surface area (Å²) >= 11 is 1.67. The second-order valence-corrected chi connectivity index (χ2v) is 6.72. The molecule has 1 fully saturated rings. The second kappa shape index (κ2) is 7.19. The summed E-state index contributed by atoms with van der Waals surface area (Å²) in [6.45, 7) is 1.91. The fraction of sp³-hybridized carbons (Fsp3) is 0.471. The summed E-state index contributed by atoms with van der Waals surface area (Å²) in [5.41, 5.74) is 0.969. The lowest BCUT2D eigenvalue weighted by Gasteiger charge is -2.12. The Morgan fingerprint density at radius 1 is 1.09 bits per heavy atom. The lowest BCUT2D eigenvalue weighted by molar-refractivity contribution is 0.349. The van der Waals surface area contributed by atoms with Gasteiger partial charge in [-0.25, -0.2) is 4.98 Å². The van der Waals surface area contributed by atoms with Crippen LogP contribution in [0.1, 0.15) is 17.8 Å². The van der Waals surface area contributed by atoms with E-state index in [0.29, 0.717) is 11.5 Å². The van der Waals surface area contributed by atoms with E-state index in [1.807, 2.05) is 18.3 Å². The van der Waals surface area contributed by atoms with Gasteiger partial charge in [-0.2, -0.15) is 0 Å². The van der Waals surface area contributed by atoms with Crippen molar-refractivity contribution in [3.05, 3.63) is 23.3 Å². The van der Waals surface area contributed by atoms with Crippen LogP contribution in [0.3, 0.4) is 0 Å². The molecule has 0 aliphatic heterocycles. The van der Waals surface area contributed by atoms with Crippen LogP contribution in [0, 0.1) is 5.92 Å². The highest BCUT2D eigenvalue weighted by molar-refractivity contribution is 7.15. The van der Waals surface area contributed by atoms with Crippen LogP contribution in [0.25, 0.3) is 10.4 Å². The highest BCUT2D eigenvalue weighted by Crippen LogP contribution is 2.41. The molecular formula is C17H22N2O3S. The molecule has 0 bridgehead atoms. The molecular weight excluding hydrogens is 312 g/mol. The molecule has 1 heterocycles. The highest BCUT2D eigenvalue weighted by atomic mass is 32.1. The topological polar surface area (TPSA) is 52.6 Å². The number of methoxy groups -OCH3 is 3. The molecule has 5 nitrogen and oxygen atoms in total.